The lowest BCUT2D eigenvalue weighted by molar-refractivity contribution is -0.142. The van der Waals surface area contributed by atoms with E-state index in [2.05, 4.69) is 6.92 Å². The quantitative estimate of drug-likeness (QED) is 0.857. The van der Waals surface area contributed by atoms with Gasteiger partial charge in [0.05, 0.1) is 12.5 Å². The second kappa shape index (κ2) is 6.77. The summed E-state index contributed by atoms with van der Waals surface area (Å²) < 4.78 is 0. The number of carbonyl (C=O) groups excluding carboxylic acids is 1. The highest BCUT2D eigenvalue weighted by Gasteiger charge is 2.36. The molecule has 5 nitrogen and oxygen atoms in total. The summed E-state index contributed by atoms with van der Waals surface area (Å²) in [6.45, 7) is 5.79. The Morgan fingerprint density at radius 3 is 2.29 bits per heavy atom. The van der Waals surface area contributed by atoms with Gasteiger partial charge in [0.25, 0.3) is 0 Å². The van der Waals surface area contributed by atoms with Crippen molar-refractivity contribution in [3.8, 4) is 0 Å². The average Bonchev–Trinajstić information content (AvgIpc) is 2.79. The van der Waals surface area contributed by atoms with Crippen molar-refractivity contribution in [2.75, 3.05) is 26.7 Å². The summed E-state index contributed by atoms with van der Waals surface area (Å²) in [7, 11) is 1.90. The number of likely N-dealkylation sites (tertiary alicyclic amines) is 1. The molecule has 2 rings (SSSR count). The Labute approximate surface area is 127 Å². The SMILES string of the molecule is CC1CCC(N(C)C(=O)CN2C[C@@H](C)[C@H](C(=O)O)C2)CC1. The molecule has 1 aliphatic heterocycles. The van der Waals surface area contributed by atoms with E-state index < -0.39 is 5.97 Å². The first-order valence-corrected chi connectivity index (χ1v) is 8.09. The smallest absolute Gasteiger partial charge is 0.308 e. The molecule has 1 saturated carbocycles. The van der Waals surface area contributed by atoms with Crippen molar-refractivity contribution in [1.82, 2.24) is 9.80 Å². The van der Waals surface area contributed by atoms with E-state index in [1.54, 1.807) is 0 Å². The largest absolute Gasteiger partial charge is 0.481 e. The lowest BCUT2D eigenvalue weighted by Crippen LogP contribution is -2.44. The number of nitrogens with zero attached hydrogens (tertiary/aromatic N) is 2. The van der Waals surface area contributed by atoms with E-state index in [9.17, 15) is 9.59 Å². The molecule has 2 aliphatic rings. The molecule has 0 unspecified atom stereocenters. The Balaban J connectivity index is 1.83. The maximum absolute atomic E-state index is 12.4. The van der Waals surface area contributed by atoms with Gasteiger partial charge in [-0.15, -0.1) is 0 Å². The van der Waals surface area contributed by atoms with Gasteiger partial charge in [0, 0.05) is 26.2 Å². The van der Waals surface area contributed by atoms with Crippen molar-refractivity contribution in [3.63, 3.8) is 0 Å². The van der Waals surface area contributed by atoms with Crippen LogP contribution in [0.5, 0.6) is 0 Å². The van der Waals surface area contributed by atoms with Gasteiger partial charge >= 0.3 is 5.97 Å². The fraction of sp³-hybridized carbons (Fsp3) is 0.875. The predicted molar refractivity (Wildman–Crippen MR) is 80.9 cm³/mol. The van der Waals surface area contributed by atoms with E-state index in [1.807, 2.05) is 23.8 Å². The van der Waals surface area contributed by atoms with Crippen molar-refractivity contribution in [2.24, 2.45) is 17.8 Å². The maximum Gasteiger partial charge on any atom is 0.308 e. The van der Waals surface area contributed by atoms with Gasteiger partial charge in [0.15, 0.2) is 0 Å². The Kier molecular flexibility index (Phi) is 5.25. The van der Waals surface area contributed by atoms with E-state index in [4.69, 9.17) is 5.11 Å². The molecule has 1 amide bonds. The highest BCUT2D eigenvalue weighted by atomic mass is 16.4. The number of carboxylic acids is 1. The van der Waals surface area contributed by atoms with Crippen LogP contribution < -0.4 is 0 Å². The molecule has 5 heteroatoms. The van der Waals surface area contributed by atoms with Crippen molar-refractivity contribution < 1.29 is 14.7 Å². The second-order valence-corrected chi connectivity index (χ2v) is 7.03. The van der Waals surface area contributed by atoms with Crippen LogP contribution in [0.25, 0.3) is 0 Å². The molecule has 0 aromatic carbocycles. The van der Waals surface area contributed by atoms with Crippen molar-refractivity contribution in [3.05, 3.63) is 0 Å². The molecule has 2 atom stereocenters. The number of carboxylic acid groups (broad SMARTS) is 1. The zero-order valence-electron chi connectivity index (χ0n) is 13.4. The van der Waals surface area contributed by atoms with Crippen LogP contribution in [0.1, 0.15) is 39.5 Å². The molecule has 0 bridgehead atoms. The highest BCUT2D eigenvalue weighted by Crippen LogP contribution is 2.27. The fourth-order valence-corrected chi connectivity index (χ4v) is 3.65. The summed E-state index contributed by atoms with van der Waals surface area (Å²) in [6.07, 6.45) is 4.59. The number of amides is 1. The van der Waals surface area contributed by atoms with Gasteiger partial charge < -0.3 is 10.0 Å². The third-order valence-electron chi connectivity index (χ3n) is 5.29. The van der Waals surface area contributed by atoms with Crippen LogP contribution in [0, 0.1) is 17.8 Å². The monoisotopic (exact) mass is 296 g/mol. The zero-order valence-corrected chi connectivity index (χ0v) is 13.4. The molecule has 1 N–H and O–H groups in total. The summed E-state index contributed by atoms with van der Waals surface area (Å²) in [6, 6.07) is 0.365. The molecule has 0 radical (unpaired) electrons. The van der Waals surface area contributed by atoms with Crippen molar-refractivity contribution in [2.45, 2.75) is 45.6 Å². The third kappa shape index (κ3) is 3.96. The number of carbonyl (C=O) groups is 2. The number of rotatable bonds is 4. The van der Waals surface area contributed by atoms with Crippen molar-refractivity contribution in [1.29, 1.82) is 0 Å². The zero-order chi connectivity index (χ0) is 15.6. The number of likely N-dealkylation sites (N-methyl/N-ethyl adjacent to an activating group) is 1. The van der Waals surface area contributed by atoms with Crippen LogP contribution in [-0.4, -0.2) is 59.5 Å². The molecule has 1 heterocycles. The summed E-state index contributed by atoms with van der Waals surface area (Å²) in [5.41, 5.74) is 0. The summed E-state index contributed by atoms with van der Waals surface area (Å²) in [4.78, 5) is 27.4. The lowest BCUT2D eigenvalue weighted by Gasteiger charge is -2.34. The van der Waals surface area contributed by atoms with Crippen LogP contribution in [-0.2, 0) is 9.59 Å². The van der Waals surface area contributed by atoms with Crippen LogP contribution >= 0.6 is 0 Å². The molecule has 0 aromatic rings. The van der Waals surface area contributed by atoms with E-state index in [0.29, 0.717) is 25.7 Å². The van der Waals surface area contributed by atoms with Crippen molar-refractivity contribution >= 4 is 11.9 Å². The average molecular weight is 296 g/mol. The lowest BCUT2D eigenvalue weighted by atomic mass is 9.87. The van der Waals surface area contributed by atoms with Crippen LogP contribution in [0.2, 0.25) is 0 Å². The van der Waals surface area contributed by atoms with Gasteiger partial charge in [-0.2, -0.15) is 0 Å². The highest BCUT2D eigenvalue weighted by molar-refractivity contribution is 5.78. The number of aliphatic carboxylic acids is 1. The summed E-state index contributed by atoms with van der Waals surface area (Å²) in [5.74, 6) is -0.0462. The Hall–Kier alpha value is -1.10. The van der Waals surface area contributed by atoms with Gasteiger partial charge in [0.2, 0.25) is 5.91 Å². The Morgan fingerprint density at radius 1 is 1.14 bits per heavy atom. The predicted octanol–water partition coefficient (Wildman–Crippen LogP) is 1.68. The number of hydrogen-bond acceptors (Lipinski definition) is 3. The van der Waals surface area contributed by atoms with Gasteiger partial charge in [-0.3, -0.25) is 14.5 Å². The molecule has 0 aromatic heterocycles. The van der Waals surface area contributed by atoms with E-state index in [0.717, 1.165) is 18.8 Å². The first-order chi connectivity index (χ1) is 9.88. The molecular weight excluding hydrogens is 268 g/mol. The third-order valence-corrected chi connectivity index (χ3v) is 5.29. The second-order valence-electron chi connectivity index (χ2n) is 7.03. The number of hydrogen-bond donors (Lipinski definition) is 1. The molecule has 21 heavy (non-hydrogen) atoms. The Bertz CT molecular complexity index is 391. The molecular formula is C16H28N2O3. The van der Waals surface area contributed by atoms with Crippen LogP contribution in [0.15, 0.2) is 0 Å². The summed E-state index contributed by atoms with van der Waals surface area (Å²) >= 11 is 0. The Morgan fingerprint density at radius 2 is 1.76 bits per heavy atom. The molecule has 1 aliphatic carbocycles. The van der Waals surface area contributed by atoms with Crippen LogP contribution in [0.3, 0.4) is 0 Å². The molecule has 2 fully saturated rings. The van der Waals surface area contributed by atoms with Gasteiger partial charge in [-0.25, -0.2) is 0 Å². The minimum absolute atomic E-state index is 0.121. The van der Waals surface area contributed by atoms with Gasteiger partial charge in [-0.05, 0) is 37.5 Å². The van der Waals surface area contributed by atoms with E-state index >= 15 is 0 Å². The first-order valence-electron chi connectivity index (χ1n) is 8.09. The van der Waals surface area contributed by atoms with E-state index in [-0.39, 0.29) is 17.7 Å². The topological polar surface area (TPSA) is 60.9 Å². The first kappa shape index (κ1) is 16.3. The van der Waals surface area contributed by atoms with E-state index in [1.165, 1.54) is 12.8 Å². The van der Waals surface area contributed by atoms with Crippen LogP contribution in [0.4, 0.5) is 0 Å². The molecule has 0 spiro atoms. The molecule has 1 saturated heterocycles. The summed E-state index contributed by atoms with van der Waals surface area (Å²) in [5, 5.41) is 9.15. The van der Waals surface area contributed by atoms with Gasteiger partial charge in [-0.1, -0.05) is 13.8 Å². The fourth-order valence-electron chi connectivity index (χ4n) is 3.65. The maximum atomic E-state index is 12.4. The minimum Gasteiger partial charge on any atom is -0.481 e. The van der Waals surface area contributed by atoms with Gasteiger partial charge in [0.1, 0.15) is 0 Å². The normalized spacial score (nSPS) is 33.9. The minimum atomic E-state index is -0.743. The standard InChI is InChI=1S/C16H28N2O3/c1-11-4-6-13(7-5-11)17(3)15(19)10-18-8-12(2)14(9-18)16(20)21/h11-14H,4-10H2,1-3H3,(H,20,21)/t11?,12-,13?,14-/m1/s1. The molecule has 120 valence electrons.